The summed E-state index contributed by atoms with van der Waals surface area (Å²) in [5.74, 6) is -0.0683. The van der Waals surface area contributed by atoms with Crippen molar-refractivity contribution in [3.8, 4) is 28.4 Å². The minimum atomic E-state index is -0.713. The van der Waals surface area contributed by atoms with Crippen molar-refractivity contribution in [2.24, 2.45) is 0 Å². The molecule has 0 aliphatic carbocycles. The highest BCUT2D eigenvalue weighted by atomic mass is 16.5. The molecule has 0 unspecified atom stereocenters. The van der Waals surface area contributed by atoms with E-state index < -0.39 is 11.9 Å². The molecule has 0 atom stereocenters. The maximum atomic E-state index is 12.9. The number of rotatable bonds is 8. The lowest BCUT2D eigenvalue weighted by atomic mass is 10.0. The van der Waals surface area contributed by atoms with Crippen LogP contribution >= 0.6 is 0 Å². The third-order valence-corrected chi connectivity index (χ3v) is 5.80. The van der Waals surface area contributed by atoms with Crippen molar-refractivity contribution in [2.45, 2.75) is 20.5 Å². The van der Waals surface area contributed by atoms with E-state index in [2.05, 4.69) is 11.2 Å². The summed E-state index contributed by atoms with van der Waals surface area (Å²) in [4.78, 5) is 25.8. The van der Waals surface area contributed by atoms with Gasteiger partial charge >= 0.3 is 11.9 Å². The first-order chi connectivity index (χ1) is 17.9. The molecule has 0 saturated carbocycles. The third-order valence-electron chi connectivity index (χ3n) is 5.80. The van der Waals surface area contributed by atoms with Crippen molar-refractivity contribution in [2.75, 3.05) is 21.3 Å². The van der Waals surface area contributed by atoms with E-state index in [-0.39, 0.29) is 23.6 Å². The number of hydrogen-bond acceptors (Lipinski definition) is 7. The van der Waals surface area contributed by atoms with Crippen molar-refractivity contribution in [1.29, 1.82) is 0 Å². The summed E-state index contributed by atoms with van der Waals surface area (Å²) in [5.41, 5.74) is 4.35. The predicted octanol–water partition coefficient (Wildman–Crippen LogP) is 5.32. The lowest BCUT2D eigenvalue weighted by Gasteiger charge is -2.13. The number of aryl methyl sites for hydroxylation is 2. The Morgan fingerprint density at radius 3 is 2.14 bits per heavy atom. The summed E-state index contributed by atoms with van der Waals surface area (Å²) in [6, 6.07) is 20.4. The Balaban J connectivity index is 1.84. The van der Waals surface area contributed by atoms with Crippen molar-refractivity contribution >= 4 is 11.9 Å². The smallest absolute Gasteiger partial charge is 0.357 e. The van der Waals surface area contributed by atoms with Gasteiger partial charge in [0.25, 0.3) is 0 Å². The quantitative estimate of drug-likeness (QED) is 0.303. The molecule has 0 aliphatic heterocycles. The van der Waals surface area contributed by atoms with Crippen LogP contribution in [-0.4, -0.2) is 43.0 Å². The number of benzene rings is 3. The first-order valence-electron chi connectivity index (χ1n) is 11.6. The maximum absolute atomic E-state index is 12.9. The molecule has 0 N–H and O–H groups in total. The van der Waals surface area contributed by atoms with E-state index in [0.29, 0.717) is 17.0 Å². The van der Waals surface area contributed by atoms with Crippen LogP contribution in [0.5, 0.6) is 11.5 Å². The molecule has 190 valence electrons. The molecule has 0 fully saturated rings. The number of esters is 2. The van der Waals surface area contributed by atoms with E-state index >= 15 is 0 Å². The van der Waals surface area contributed by atoms with Gasteiger partial charge in [0, 0.05) is 11.1 Å². The van der Waals surface area contributed by atoms with E-state index in [1.807, 2.05) is 50.2 Å². The van der Waals surface area contributed by atoms with Gasteiger partial charge in [-0.2, -0.15) is 5.10 Å². The molecule has 37 heavy (non-hydrogen) atoms. The number of para-hydroxylation sites is 1. The van der Waals surface area contributed by atoms with Gasteiger partial charge in [0.15, 0.2) is 5.69 Å². The Morgan fingerprint density at radius 1 is 0.838 bits per heavy atom. The highest BCUT2D eigenvalue weighted by molar-refractivity contribution is 6.06. The standard InChI is InChI=1S/C29H28N2O6/c1-18-13-19(2)15-23(14-18)37-17-21-16-20(11-12-24(21)34-3)26-25(28(32)35-4)27(29(33)36-5)31(30-26)22-9-7-6-8-10-22/h6-16H,17H2,1-5H3. The maximum Gasteiger partial charge on any atom is 0.357 e. The van der Waals surface area contributed by atoms with Gasteiger partial charge in [-0.15, -0.1) is 0 Å². The van der Waals surface area contributed by atoms with Gasteiger partial charge in [-0.05, 0) is 67.4 Å². The molecule has 4 aromatic rings. The van der Waals surface area contributed by atoms with Crippen LogP contribution in [-0.2, 0) is 16.1 Å². The molecular formula is C29H28N2O6. The number of carbonyl (C=O) groups is 2. The minimum absolute atomic E-state index is 0.00421. The van der Waals surface area contributed by atoms with E-state index in [1.54, 1.807) is 31.4 Å². The topological polar surface area (TPSA) is 88.9 Å². The number of methoxy groups -OCH3 is 3. The van der Waals surface area contributed by atoms with Crippen molar-refractivity contribution < 1.29 is 28.5 Å². The molecular weight excluding hydrogens is 472 g/mol. The molecule has 4 rings (SSSR count). The van der Waals surface area contributed by atoms with Gasteiger partial charge in [0.2, 0.25) is 0 Å². The van der Waals surface area contributed by atoms with Crippen LogP contribution in [0.1, 0.15) is 37.5 Å². The highest BCUT2D eigenvalue weighted by Gasteiger charge is 2.31. The Kier molecular flexibility index (Phi) is 7.57. The molecule has 0 aliphatic rings. The van der Waals surface area contributed by atoms with Crippen LogP contribution in [0.4, 0.5) is 0 Å². The van der Waals surface area contributed by atoms with E-state index in [1.165, 1.54) is 18.9 Å². The zero-order chi connectivity index (χ0) is 26.5. The van der Waals surface area contributed by atoms with Gasteiger partial charge in [-0.25, -0.2) is 14.3 Å². The molecule has 0 spiro atoms. The average Bonchev–Trinajstić information content (AvgIpc) is 3.31. The molecule has 0 saturated heterocycles. The van der Waals surface area contributed by atoms with Crippen LogP contribution in [0.2, 0.25) is 0 Å². The monoisotopic (exact) mass is 500 g/mol. The molecule has 8 nitrogen and oxygen atoms in total. The summed E-state index contributed by atoms with van der Waals surface area (Å²) in [6.45, 7) is 4.24. The van der Waals surface area contributed by atoms with Crippen molar-refractivity contribution in [1.82, 2.24) is 9.78 Å². The Labute approximate surface area is 215 Å². The van der Waals surface area contributed by atoms with Crippen LogP contribution in [0.15, 0.2) is 66.7 Å². The van der Waals surface area contributed by atoms with Gasteiger partial charge in [0.05, 0.1) is 27.0 Å². The molecule has 1 aromatic heterocycles. The van der Waals surface area contributed by atoms with Gasteiger partial charge < -0.3 is 18.9 Å². The molecule has 3 aromatic carbocycles. The van der Waals surface area contributed by atoms with Crippen LogP contribution in [0, 0.1) is 13.8 Å². The fraction of sp³-hybridized carbons (Fsp3) is 0.207. The summed E-state index contributed by atoms with van der Waals surface area (Å²) >= 11 is 0. The zero-order valence-corrected chi connectivity index (χ0v) is 21.4. The van der Waals surface area contributed by atoms with Crippen LogP contribution < -0.4 is 9.47 Å². The number of aromatic nitrogens is 2. The summed E-state index contributed by atoms with van der Waals surface area (Å²) in [5, 5.41) is 4.66. The van der Waals surface area contributed by atoms with Gasteiger partial charge in [-0.1, -0.05) is 24.3 Å². The molecule has 0 radical (unpaired) electrons. The number of ether oxygens (including phenoxy) is 4. The van der Waals surface area contributed by atoms with Crippen molar-refractivity contribution in [3.05, 3.63) is 94.7 Å². The number of nitrogens with zero attached hydrogens (tertiary/aromatic N) is 2. The highest BCUT2D eigenvalue weighted by Crippen LogP contribution is 2.33. The second-order valence-electron chi connectivity index (χ2n) is 8.44. The van der Waals surface area contributed by atoms with Crippen molar-refractivity contribution in [3.63, 3.8) is 0 Å². The Morgan fingerprint density at radius 2 is 1.51 bits per heavy atom. The largest absolute Gasteiger partial charge is 0.496 e. The molecule has 0 amide bonds. The van der Waals surface area contributed by atoms with E-state index in [4.69, 9.17) is 18.9 Å². The lowest BCUT2D eigenvalue weighted by molar-refractivity contribution is 0.0549. The average molecular weight is 501 g/mol. The molecule has 8 heteroatoms. The zero-order valence-electron chi connectivity index (χ0n) is 21.4. The number of carbonyl (C=O) groups excluding carboxylic acids is 2. The first-order valence-corrected chi connectivity index (χ1v) is 11.6. The Bertz CT molecular complexity index is 1420. The number of hydrogen-bond donors (Lipinski definition) is 0. The third kappa shape index (κ3) is 5.33. The second-order valence-corrected chi connectivity index (χ2v) is 8.44. The molecule has 1 heterocycles. The Hall–Kier alpha value is -4.59. The summed E-state index contributed by atoms with van der Waals surface area (Å²) in [6.07, 6.45) is 0. The SMILES string of the molecule is COC(=O)c1c(-c2ccc(OC)c(COc3cc(C)cc(C)c3)c2)nn(-c2ccccc2)c1C(=O)OC. The van der Waals surface area contributed by atoms with E-state index in [9.17, 15) is 9.59 Å². The van der Waals surface area contributed by atoms with Gasteiger partial charge in [-0.3, -0.25) is 0 Å². The summed E-state index contributed by atoms with van der Waals surface area (Å²) in [7, 11) is 4.08. The van der Waals surface area contributed by atoms with Crippen LogP contribution in [0.25, 0.3) is 16.9 Å². The summed E-state index contributed by atoms with van der Waals surface area (Å²) < 4.78 is 23.1. The van der Waals surface area contributed by atoms with Crippen LogP contribution in [0.3, 0.4) is 0 Å². The van der Waals surface area contributed by atoms with Gasteiger partial charge in [0.1, 0.15) is 29.4 Å². The molecule has 0 bridgehead atoms. The van der Waals surface area contributed by atoms with E-state index in [0.717, 1.165) is 22.4 Å². The predicted molar refractivity (Wildman–Crippen MR) is 138 cm³/mol. The minimum Gasteiger partial charge on any atom is -0.496 e. The normalized spacial score (nSPS) is 10.6. The lowest BCUT2D eigenvalue weighted by Crippen LogP contribution is -2.15. The second kappa shape index (κ2) is 11.0. The fourth-order valence-electron chi connectivity index (χ4n) is 4.17. The fourth-order valence-corrected chi connectivity index (χ4v) is 4.17. The first kappa shape index (κ1) is 25.5.